The smallest absolute Gasteiger partial charge is 0.0291 e. The molecule has 1 rings (SSSR count). The van der Waals surface area contributed by atoms with E-state index in [2.05, 4.69) is 42.3 Å². The molecule has 0 bridgehead atoms. The lowest BCUT2D eigenvalue weighted by atomic mass is 10.1. The van der Waals surface area contributed by atoms with Crippen LogP contribution in [0.25, 0.3) is 0 Å². The predicted octanol–water partition coefficient (Wildman–Crippen LogP) is 3.17. The Balaban J connectivity index is 2.29. The average molecular weight is 245 g/mol. The highest BCUT2D eigenvalue weighted by molar-refractivity contribution is 8.06. The largest absolute Gasteiger partial charge is 0.313 e. The summed E-state index contributed by atoms with van der Waals surface area (Å²) in [5.41, 5.74) is 0. The van der Waals surface area contributed by atoms with Crippen LogP contribution in [-0.2, 0) is 0 Å². The van der Waals surface area contributed by atoms with Crippen LogP contribution in [0, 0.1) is 0 Å². The van der Waals surface area contributed by atoms with Gasteiger partial charge >= 0.3 is 0 Å². The van der Waals surface area contributed by atoms with Gasteiger partial charge in [0, 0.05) is 28.6 Å². The Hall–Kier alpha value is 0.400. The second kappa shape index (κ2) is 8.54. The molecule has 0 aromatic rings. The molecule has 1 N–H and O–H groups in total. The summed E-state index contributed by atoms with van der Waals surface area (Å²) in [5, 5.41) is 4.47. The Morgan fingerprint density at radius 1 is 1.53 bits per heavy atom. The van der Waals surface area contributed by atoms with Crippen LogP contribution in [0.3, 0.4) is 0 Å². The molecule has 1 nitrogen and oxygen atoms in total. The van der Waals surface area contributed by atoms with Crippen molar-refractivity contribution in [3.05, 3.63) is 12.7 Å². The number of nitrogens with one attached hydrogen (secondary N) is 1. The van der Waals surface area contributed by atoms with Gasteiger partial charge in [0.2, 0.25) is 0 Å². The molecule has 1 heterocycles. The molecule has 3 heteroatoms. The molecule has 0 aliphatic carbocycles. The molecule has 0 aromatic carbocycles. The Bertz CT molecular complexity index is 167. The minimum Gasteiger partial charge on any atom is -0.313 e. The fourth-order valence-corrected chi connectivity index (χ4v) is 4.83. The first-order chi connectivity index (χ1) is 7.38. The standard InChI is InChI=1S/C12H23NS2/c1-3-5-6-7-11(13-4-2)12-10-14-8-9-15-12/h3,11-13H,1,4-10H2,2H3. The van der Waals surface area contributed by atoms with E-state index >= 15 is 0 Å². The number of hydrogen-bond acceptors (Lipinski definition) is 3. The molecule has 0 radical (unpaired) electrons. The van der Waals surface area contributed by atoms with Crippen molar-refractivity contribution in [2.24, 2.45) is 0 Å². The molecular formula is C12H23NS2. The second-order valence-corrected chi connectivity index (χ2v) is 6.36. The zero-order valence-corrected chi connectivity index (χ0v) is 11.3. The van der Waals surface area contributed by atoms with Crippen LogP contribution in [0.4, 0.5) is 0 Å². The molecule has 0 aromatic heterocycles. The third-order valence-electron chi connectivity index (χ3n) is 2.68. The third kappa shape index (κ3) is 5.32. The van der Waals surface area contributed by atoms with Crippen LogP contribution in [0.1, 0.15) is 26.2 Å². The number of unbranched alkanes of at least 4 members (excludes halogenated alkanes) is 1. The Morgan fingerprint density at radius 3 is 3.00 bits per heavy atom. The van der Waals surface area contributed by atoms with E-state index < -0.39 is 0 Å². The maximum atomic E-state index is 3.79. The molecule has 2 atom stereocenters. The summed E-state index contributed by atoms with van der Waals surface area (Å²) in [6.07, 6.45) is 5.78. The van der Waals surface area contributed by atoms with Crippen molar-refractivity contribution in [2.45, 2.75) is 37.5 Å². The molecule has 1 saturated heterocycles. The zero-order valence-electron chi connectivity index (χ0n) is 9.71. The van der Waals surface area contributed by atoms with Crippen LogP contribution >= 0.6 is 23.5 Å². The van der Waals surface area contributed by atoms with Crippen molar-refractivity contribution in [3.8, 4) is 0 Å². The first-order valence-electron chi connectivity index (χ1n) is 5.92. The number of hydrogen-bond donors (Lipinski definition) is 1. The van der Waals surface area contributed by atoms with Crippen molar-refractivity contribution in [2.75, 3.05) is 23.8 Å². The zero-order chi connectivity index (χ0) is 10.9. The predicted molar refractivity (Wildman–Crippen MR) is 75.1 cm³/mol. The van der Waals surface area contributed by atoms with Crippen molar-refractivity contribution in [1.82, 2.24) is 5.32 Å². The van der Waals surface area contributed by atoms with Gasteiger partial charge in [-0.2, -0.15) is 23.5 Å². The van der Waals surface area contributed by atoms with Gasteiger partial charge in [-0.15, -0.1) is 6.58 Å². The van der Waals surface area contributed by atoms with Crippen molar-refractivity contribution >= 4 is 23.5 Å². The summed E-state index contributed by atoms with van der Waals surface area (Å²) < 4.78 is 0. The first kappa shape index (κ1) is 13.5. The van der Waals surface area contributed by atoms with Gasteiger partial charge in [0.15, 0.2) is 0 Å². The SMILES string of the molecule is C=CCCCC(NCC)C1CSCCS1. The van der Waals surface area contributed by atoms with E-state index in [1.807, 2.05) is 6.08 Å². The molecule has 1 aliphatic rings. The van der Waals surface area contributed by atoms with Crippen LogP contribution < -0.4 is 5.32 Å². The molecule has 0 saturated carbocycles. The quantitative estimate of drug-likeness (QED) is 0.546. The summed E-state index contributed by atoms with van der Waals surface area (Å²) >= 11 is 4.28. The van der Waals surface area contributed by atoms with E-state index in [0.29, 0.717) is 6.04 Å². The van der Waals surface area contributed by atoms with Gasteiger partial charge < -0.3 is 5.32 Å². The normalized spacial score (nSPS) is 23.7. The molecule has 15 heavy (non-hydrogen) atoms. The molecular weight excluding hydrogens is 222 g/mol. The summed E-state index contributed by atoms with van der Waals surface area (Å²) in [4.78, 5) is 0. The number of allylic oxidation sites excluding steroid dienone is 1. The van der Waals surface area contributed by atoms with Crippen molar-refractivity contribution < 1.29 is 0 Å². The maximum Gasteiger partial charge on any atom is 0.0291 e. The van der Waals surface area contributed by atoms with Gasteiger partial charge in [0.25, 0.3) is 0 Å². The van der Waals surface area contributed by atoms with Crippen LogP contribution in [0.15, 0.2) is 12.7 Å². The molecule has 0 spiro atoms. The van der Waals surface area contributed by atoms with E-state index in [-0.39, 0.29) is 0 Å². The van der Waals surface area contributed by atoms with E-state index in [1.165, 1.54) is 30.1 Å². The van der Waals surface area contributed by atoms with Gasteiger partial charge in [-0.25, -0.2) is 0 Å². The van der Waals surface area contributed by atoms with Crippen LogP contribution in [0.5, 0.6) is 0 Å². The van der Waals surface area contributed by atoms with Crippen LogP contribution in [0.2, 0.25) is 0 Å². The second-order valence-electron chi connectivity index (χ2n) is 3.87. The first-order valence-corrected chi connectivity index (χ1v) is 8.12. The molecule has 1 fully saturated rings. The van der Waals surface area contributed by atoms with Crippen molar-refractivity contribution in [3.63, 3.8) is 0 Å². The Kier molecular flexibility index (Phi) is 7.67. The highest BCUT2D eigenvalue weighted by Gasteiger charge is 2.23. The lowest BCUT2D eigenvalue weighted by Gasteiger charge is -2.30. The number of rotatable bonds is 7. The third-order valence-corrected chi connectivity index (χ3v) is 5.60. The Labute approximate surface area is 103 Å². The summed E-state index contributed by atoms with van der Waals surface area (Å²) in [6.45, 7) is 7.09. The highest BCUT2D eigenvalue weighted by Crippen LogP contribution is 2.28. The van der Waals surface area contributed by atoms with Crippen molar-refractivity contribution in [1.29, 1.82) is 0 Å². The molecule has 88 valence electrons. The lowest BCUT2D eigenvalue weighted by Crippen LogP contribution is -2.40. The van der Waals surface area contributed by atoms with Gasteiger partial charge in [-0.1, -0.05) is 13.0 Å². The van der Waals surface area contributed by atoms with Gasteiger partial charge in [0.1, 0.15) is 0 Å². The minimum atomic E-state index is 0.716. The van der Waals surface area contributed by atoms with E-state index in [1.54, 1.807) is 0 Å². The minimum absolute atomic E-state index is 0.716. The monoisotopic (exact) mass is 245 g/mol. The lowest BCUT2D eigenvalue weighted by molar-refractivity contribution is 0.479. The van der Waals surface area contributed by atoms with E-state index in [4.69, 9.17) is 0 Å². The maximum absolute atomic E-state index is 3.79. The van der Waals surface area contributed by atoms with E-state index in [0.717, 1.165) is 18.2 Å². The van der Waals surface area contributed by atoms with Gasteiger partial charge in [0.05, 0.1) is 0 Å². The van der Waals surface area contributed by atoms with Gasteiger partial charge in [-0.05, 0) is 25.8 Å². The molecule has 1 aliphatic heterocycles. The topological polar surface area (TPSA) is 12.0 Å². The average Bonchev–Trinajstić information content (AvgIpc) is 2.29. The fraction of sp³-hybridized carbons (Fsp3) is 0.833. The molecule has 2 unspecified atom stereocenters. The fourth-order valence-electron chi connectivity index (χ4n) is 1.90. The Morgan fingerprint density at radius 2 is 2.40 bits per heavy atom. The van der Waals surface area contributed by atoms with E-state index in [9.17, 15) is 0 Å². The summed E-state index contributed by atoms with van der Waals surface area (Å²) in [7, 11) is 0. The summed E-state index contributed by atoms with van der Waals surface area (Å²) in [6, 6.07) is 0.716. The molecule has 0 amide bonds. The summed E-state index contributed by atoms with van der Waals surface area (Å²) in [5.74, 6) is 4.00. The van der Waals surface area contributed by atoms with Gasteiger partial charge in [-0.3, -0.25) is 0 Å². The number of thioether (sulfide) groups is 2. The van der Waals surface area contributed by atoms with Crippen LogP contribution in [-0.4, -0.2) is 35.1 Å². The highest BCUT2D eigenvalue weighted by atomic mass is 32.2.